The first kappa shape index (κ1) is 41.1. The summed E-state index contributed by atoms with van der Waals surface area (Å²) in [5.41, 5.74) is -1.39. The van der Waals surface area contributed by atoms with Crippen LogP contribution in [-0.4, -0.2) is 111 Å². The zero-order valence-electron chi connectivity index (χ0n) is 31.7. The number of esters is 1. The fraction of sp³-hybridized carbons (Fsp3) is 0.622. The van der Waals surface area contributed by atoms with Crippen LogP contribution in [0, 0.1) is 11.8 Å². The van der Waals surface area contributed by atoms with E-state index in [4.69, 9.17) is 40.0 Å². The van der Waals surface area contributed by atoms with Crippen LogP contribution in [0.25, 0.3) is 0 Å². The van der Waals surface area contributed by atoms with E-state index in [-0.39, 0.29) is 29.7 Å². The number of nitrogens with zero attached hydrogens (tertiary/aromatic N) is 2. The lowest BCUT2D eigenvalue weighted by Crippen LogP contribution is -2.63. The molecule has 4 rings (SSSR count). The molecular formula is C37H52ClN3O11. The third-order valence-electron chi connectivity index (χ3n) is 10.4. The normalized spacial score (nSPS) is 33.1. The van der Waals surface area contributed by atoms with Crippen molar-refractivity contribution in [2.45, 2.75) is 102 Å². The molecule has 2 fully saturated rings. The van der Waals surface area contributed by atoms with Crippen molar-refractivity contribution < 1.29 is 52.7 Å². The van der Waals surface area contributed by atoms with E-state index < -0.39 is 71.8 Å². The lowest BCUT2D eigenvalue weighted by atomic mass is 9.83. The van der Waals surface area contributed by atoms with Crippen molar-refractivity contribution in [2.24, 2.45) is 11.8 Å². The summed E-state index contributed by atoms with van der Waals surface area (Å²) in [6.45, 7) is 10.3. The van der Waals surface area contributed by atoms with Gasteiger partial charge in [0.25, 0.3) is 0 Å². The van der Waals surface area contributed by atoms with Gasteiger partial charge in [-0.15, -0.1) is 0 Å². The number of rotatable bonds is 7. The van der Waals surface area contributed by atoms with Crippen molar-refractivity contribution >= 4 is 41.2 Å². The number of methoxy groups -OCH3 is 3. The van der Waals surface area contributed by atoms with E-state index in [9.17, 15) is 24.3 Å². The molecule has 52 heavy (non-hydrogen) atoms. The molecule has 15 heteroatoms. The summed E-state index contributed by atoms with van der Waals surface area (Å²) >= 11 is 6.79. The molecule has 9 atom stereocenters. The predicted molar refractivity (Wildman–Crippen MR) is 192 cm³/mol. The number of allylic oxidation sites excluding steroid dienone is 2. The van der Waals surface area contributed by atoms with Crippen LogP contribution in [0.15, 0.2) is 35.9 Å². The van der Waals surface area contributed by atoms with E-state index in [1.54, 1.807) is 72.0 Å². The van der Waals surface area contributed by atoms with Crippen LogP contribution >= 0.6 is 11.6 Å². The monoisotopic (exact) mass is 749 g/mol. The molecular weight excluding hydrogens is 698 g/mol. The minimum absolute atomic E-state index is 0.0719. The van der Waals surface area contributed by atoms with Crippen molar-refractivity contribution in [1.29, 1.82) is 0 Å². The average Bonchev–Trinajstić information content (AvgIpc) is 3.79. The van der Waals surface area contributed by atoms with Crippen LogP contribution in [0.3, 0.4) is 0 Å². The molecule has 4 bridgehead atoms. The van der Waals surface area contributed by atoms with Crippen molar-refractivity contribution in [3.8, 4) is 5.75 Å². The Balaban J connectivity index is 1.83. The molecule has 3 aliphatic heterocycles. The standard InChI is InChI=1S/C37H52ClN3O11/c1-19(2)33(43)40(7)22(5)34(44)51-28-17-29(42)41(8)24-15-23(16-25(47-9)30(24)38)31(49-11)20(3)13-12-14-27(48-10)37(46)18-26(50-35(45)39-37)21(4)32-36(28,6)52-32/h12-16,19,21-22,26-28,31-32,46H,17-18H2,1-11H3,(H,39,45)/b14-12+,20-13-/t21-,22+,26-,27-,28+,31-,32+,36+,37+/m0/s1. The number of alkyl carbamates (subject to hydrolysis) is 1. The number of aliphatic hydroxyl groups is 1. The number of hydrogen-bond acceptors (Lipinski definition) is 11. The first-order chi connectivity index (χ1) is 24.3. The number of anilines is 1. The van der Waals surface area contributed by atoms with Gasteiger partial charge in [-0.2, -0.15) is 0 Å². The Morgan fingerprint density at radius 2 is 1.83 bits per heavy atom. The van der Waals surface area contributed by atoms with Gasteiger partial charge in [-0.1, -0.05) is 50.6 Å². The summed E-state index contributed by atoms with van der Waals surface area (Å²) in [6.07, 6.45) is -0.443. The fourth-order valence-corrected chi connectivity index (χ4v) is 7.21. The summed E-state index contributed by atoms with van der Waals surface area (Å²) in [5.74, 6) is -2.05. The Hall–Kier alpha value is -3.69. The summed E-state index contributed by atoms with van der Waals surface area (Å²) < 4.78 is 35.1. The minimum atomic E-state index is -1.86. The van der Waals surface area contributed by atoms with Crippen LogP contribution in [0.2, 0.25) is 5.02 Å². The Kier molecular flexibility index (Phi) is 12.7. The number of amides is 3. The van der Waals surface area contributed by atoms with Gasteiger partial charge in [0.05, 0.1) is 25.3 Å². The Morgan fingerprint density at radius 1 is 1.15 bits per heavy atom. The molecule has 3 amide bonds. The zero-order chi connectivity index (χ0) is 38.9. The molecule has 288 valence electrons. The van der Waals surface area contributed by atoms with E-state index in [1.165, 1.54) is 38.2 Å². The molecule has 14 nitrogen and oxygen atoms in total. The number of hydrogen-bond donors (Lipinski definition) is 2. The van der Waals surface area contributed by atoms with Gasteiger partial charge in [0.1, 0.15) is 46.8 Å². The third kappa shape index (κ3) is 8.26. The quantitative estimate of drug-likeness (QED) is 0.301. The van der Waals surface area contributed by atoms with Gasteiger partial charge in [-0.3, -0.25) is 14.9 Å². The highest BCUT2D eigenvalue weighted by Gasteiger charge is 2.64. The summed E-state index contributed by atoms with van der Waals surface area (Å²) in [7, 11) is 7.48. The molecule has 2 saturated heterocycles. The van der Waals surface area contributed by atoms with Gasteiger partial charge in [0.2, 0.25) is 11.8 Å². The van der Waals surface area contributed by atoms with Crippen LogP contribution in [0.4, 0.5) is 10.5 Å². The van der Waals surface area contributed by atoms with E-state index >= 15 is 0 Å². The van der Waals surface area contributed by atoms with Gasteiger partial charge in [-0.05, 0) is 44.0 Å². The van der Waals surface area contributed by atoms with Crippen LogP contribution in [-0.2, 0) is 38.1 Å². The molecule has 3 aliphatic rings. The first-order valence-corrected chi connectivity index (χ1v) is 17.6. The maximum Gasteiger partial charge on any atom is 0.409 e. The number of carbonyl (C=O) groups excluding carboxylic acids is 4. The van der Waals surface area contributed by atoms with Crippen molar-refractivity contribution in [1.82, 2.24) is 10.2 Å². The van der Waals surface area contributed by atoms with Crippen LogP contribution < -0.4 is 15.0 Å². The molecule has 0 saturated carbocycles. The number of ether oxygens (including phenoxy) is 6. The van der Waals surface area contributed by atoms with E-state index in [1.807, 2.05) is 6.92 Å². The first-order valence-electron chi connectivity index (χ1n) is 17.2. The molecule has 1 aromatic rings. The molecule has 0 unspecified atom stereocenters. The maximum atomic E-state index is 14.2. The van der Waals surface area contributed by atoms with E-state index in [0.29, 0.717) is 17.0 Å². The zero-order valence-corrected chi connectivity index (χ0v) is 32.5. The highest BCUT2D eigenvalue weighted by Crippen LogP contribution is 2.49. The lowest BCUT2D eigenvalue weighted by Gasteiger charge is -2.42. The van der Waals surface area contributed by atoms with Crippen LogP contribution in [0.5, 0.6) is 5.75 Å². The second-order valence-corrected chi connectivity index (χ2v) is 14.6. The molecule has 2 N–H and O–H groups in total. The number of fused-ring (bicyclic) bond motifs is 5. The minimum Gasteiger partial charge on any atom is -0.495 e. The summed E-state index contributed by atoms with van der Waals surface area (Å²) in [6, 6.07) is 2.46. The Labute approximate surface area is 310 Å². The smallest absolute Gasteiger partial charge is 0.409 e. The number of carbonyl (C=O) groups is 4. The Morgan fingerprint density at radius 3 is 2.42 bits per heavy atom. The number of epoxide rings is 1. The largest absolute Gasteiger partial charge is 0.495 e. The molecule has 0 spiro atoms. The average molecular weight is 750 g/mol. The molecule has 3 heterocycles. The molecule has 0 aliphatic carbocycles. The van der Waals surface area contributed by atoms with Gasteiger partial charge in [0.15, 0.2) is 5.72 Å². The number of nitrogens with one attached hydrogen (secondary N) is 1. The SMILES string of the molecule is COc1cc2cc(c1Cl)N(C)C(=O)C[C@@H](OC(=O)[C@@H](C)N(C)C(=O)C(C)C)[C@@]1(C)O[C@@H]1[C@@H](C)[C@@H]1C[C@](O)(NC(=O)O1)[C@@H](OC)/C=C/C=C(/C)[C@@H]2OC. The van der Waals surface area contributed by atoms with Gasteiger partial charge < -0.3 is 43.3 Å². The number of halogens is 1. The predicted octanol–water partition coefficient (Wildman–Crippen LogP) is 4.32. The van der Waals surface area contributed by atoms with Gasteiger partial charge in [-0.25, -0.2) is 9.59 Å². The van der Waals surface area contributed by atoms with Crippen molar-refractivity contribution in [2.75, 3.05) is 40.3 Å². The van der Waals surface area contributed by atoms with Crippen molar-refractivity contribution in [3.63, 3.8) is 0 Å². The molecule has 0 aromatic heterocycles. The lowest BCUT2D eigenvalue weighted by molar-refractivity contribution is -0.162. The maximum absolute atomic E-state index is 14.2. The van der Waals surface area contributed by atoms with E-state index in [0.717, 1.165) is 5.57 Å². The molecule has 0 radical (unpaired) electrons. The summed E-state index contributed by atoms with van der Waals surface area (Å²) in [4.78, 5) is 56.1. The second-order valence-electron chi connectivity index (χ2n) is 14.3. The highest BCUT2D eigenvalue weighted by molar-refractivity contribution is 6.35. The topological polar surface area (TPSA) is 166 Å². The number of likely N-dealkylation sites (N-methyl/N-ethyl adjacent to an activating group) is 1. The number of benzene rings is 1. The van der Waals surface area contributed by atoms with Crippen LogP contribution in [0.1, 0.15) is 66.1 Å². The molecule has 1 aromatic carbocycles. The fourth-order valence-electron chi connectivity index (χ4n) is 6.89. The Bertz CT molecular complexity index is 1600. The summed E-state index contributed by atoms with van der Waals surface area (Å²) in [5, 5.41) is 14.4. The second kappa shape index (κ2) is 16.1. The van der Waals surface area contributed by atoms with Crippen molar-refractivity contribution in [3.05, 3.63) is 46.5 Å². The van der Waals surface area contributed by atoms with Gasteiger partial charge in [0, 0.05) is 46.6 Å². The highest BCUT2D eigenvalue weighted by atomic mass is 35.5. The third-order valence-corrected chi connectivity index (χ3v) is 10.8. The van der Waals surface area contributed by atoms with E-state index in [2.05, 4.69) is 5.32 Å². The van der Waals surface area contributed by atoms with Gasteiger partial charge >= 0.3 is 12.1 Å².